The molecule has 1 amide bonds. The van der Waals surface area contributed by atoms with Gasteiger partial charge in [-0.15, -0.1) is 0 Å². The molecule has 148 valence electrons. The molecule has 1 aliphatic heterocycles. The number of carboxylic acid groups (broad SMARTS) is 1. The summed E-state index contributed by atoms with van der Waals surface area (Å²) in [6.45, 7) is 9.38. The van der Waals surface area contributed by atoms with E-state index in [-0.39, 0.29) is 6.04 Å². The van der Waals surface area contributed by atoms with Crippen molar-refractivity contribution in [3.63, 3.8) is 0 Å². The van der Waals surface area contributed by atoms with Gasteiger partial charge in [0.2, 0.25) is 0 Å². The van der Waals surface area contributed by atoms with Crippen LogP contribution in [0.5, 0.6) is 0 Å². The molecule has 0 radical (unpaired) electrons. The molecule has 0 aliphatic carbocycles. The van der Waals surface area contributed by atoms with Crippen molar-refractivity contribution in [2.75, 3.05) is 25.0 Å². The molecule has 27 heavy (non-hydrogen) atoms. The Hall–Kier alpha value is -2.13. The van der Waals surface area contributed by atoms with Gasteiger partial charge in [0.15, 0.2) is 5.65 Å². The number of carbonyl (C=O) groups is 1. The van der Waals surface area contributed by atoms with Crippen molar-refractivity contribution >= 4 is 31.1 Å². The first kappa shape index (κ1) is 19.6. The van der Waals surface area contributed by atoms with E-state index in [9.17, 15) is 4.79 Å². The predicted molar refractivity (Wildman–Crippen MR) is 108 cm³/mol. The fourth-order valence-electron chi connectivity index (χ4n) is 3.10. The zero-order valence-electron chi connectivity index (χ0n) is 16.3. The molecule has 8 nitrogen and oxygen atoms in total. The summed E-state index contributed by atoms with van der Waals surface area (Å²) in [5.41, 5.74) is 1.64. The first-order chi connectivity index (χ1) is 12.8. The maximum absolute atomic E-state index is 11.0. The molecule has 0 bridgehead atoms. The molecule has 3 rings (SSSR count). The molecule has 0 atom stereocenters. The third-order valence-electron chi connectivity index (χ3n) is 4.81. The normalized spacial score (nSPS) is 16.0. The van der Waals surface area contributed by atoms with Crippen LogP contribution in [0.15, 0.2) is 18.5 Å². The van der Waals surface area contributed by atoms with E-state index in [0.29, 0.717) is 19.8 Å². The Labute approximate surface area is 160 Å². The Bertz CT molecular complexity index is 781. The number of hydrogen-bond acceptors (Lipinski definition) is 5. The number of aromatic nitrogens is 3. The number of amides is 1. The number of likely N-dealkylation sites (tertiary alicyclic amines) is 1. The van der Waals surface area contributed by atoms with Crippen LogP contribution in [0.2, 0.25) is 25.7 Å². The average Bonchev–Trinajstić information content (AvgIpc) is 3.01. The predicted octanol–water partition coefficient (Wildman–Crippen LogP) is 3.30. The van der Waals surface area contributed by atoms with Crippen LogP contribution in [0, 0.1) is 0 Å². The first-order valence-electron chi connectivity index (χ1n) is 9.46. The van der Waals surface area contributed by atoms with E-state index in [1.54, 1.807) is 6.20 Å². The standard InChI is InChI=1S/C18H29N5O3Si/c1-27(2,3)11-10-26-13-23-9-6-15-17(23)19-12-16(21-15)20-14-4-7-22(8-5-14)18(24)25/h6,9,12,14H,4-5,7-8,10-11,13H2,1-3H3,(H,20,21)(H,24,25). The Morgan fingerprint density at radius 2 is 2.11 bits per heavy atom. The van der Waals surface area contributed by atoms with E-state index >= 15 is 0 Å². The summed E-state index contributed by atoms with van der Waals surface area (Å²) >= 11 is 0. The van der Waals surface area contributed by atoms with Crippen molar-refractivity contribution in [3.8, 4) is 0 Å². The molecule has 0 spiro atoms. The van der Waals surface area contributed by atoms with Crippen LogP contribution < -0.4 is 5.32 Å². The van der Waals surface area contributed by atoms with Gasteiger partial charge in [-0.2, -0.15) is 0 Å². The van der Waals surface area contributed by atoms with Gasteiger partial charge < -0.3 is 24.6 Å². The van der Waals surface area contributed by atoms with Crippen molar-refractivity contribution in [1.29, 1.82) is 0 Å². The van der Waals surface area contributed by atoms with Gasteiger partial charge in [0.1, 0.15) is 18.1 Å². The first-order valence-corrected chi connectivity index (χ1v) is 13.2. The third kappa shape index (κ3) is 5.42. The van der Waals surface area contributed by atoms with Crippen molar-refractivity contribution in [1.82, 2.24) is 19.4 Å². The molecule has 2 aromatic rings. The van der Waals surface area contributed by atoms with Crippen LogP contribution in [-0.4, -0.2) is 64.4 Å². The van der Waals surface area contributed by atoms with Crippen molar-refractivity contribution in [2.45, 2.75) is 51.3 Å². The molecule has 9 heteroatoms. The quantitative estimate of drug-likeness (QED) is 0.556. The molecular weight excluding hydrogens is 362 g/mol. The summed E-state index contributed by atoms with van der Waals surface area (Å²) in [5.74, 6) is 0.730. The highest BCUT2D eigenvalue weighted by Gasteiger charge is 2.22. The highest BCUT2D eigenvalue weighted by molar-refractivity contribution is 6.76. The molecule has 2 N–H and O–H groups in total. The number of nitrogens with zero attached hydrogens (tertiary/aromatic N) is 4. The number of piperidine rings is 1. The van der Waals surface area contributed by atoms with E-state index < -0.39 is 14.2 Å². The lowest BCUT2D eigenvalue weighted by atomic mass is 10.1. The summed E-state index contributed by atoms with van der Waals surface area (Å²) in [6.07, 6.45) is 4.40. The van der Waals surface area contributed by atoms with Gasteiger partial charge in [0.25, 0.3) is 0 Å². The van der Waals surface area contributed by atoms with Gasteiger partial charge >= 0.3 is 6.09 Å². The second-order valence-electron chi connectivity index (χ2n) is 8.29. The number of nitrogens with one attached hydrogen (secondary N) is 1. The van der Waals surface area contributed by atoms with E-state index in [1.807, 2.05) is 16.8 Å². The SMILES string of the molecule is C[Si](C)(C)CCOCn1ccc2nc(NC3CCN(C(=O)O)CC3)cnc21. The van der Waals surface area contributed by atoms with Gasteiger partial charge in [-0.25, -0.2) is 14.8 Å². The number of ether oxygens (including phenoxy) is 1. The van der Waals surface area contributed by atoms with Crippen molar-refractivity contribution in [2.24, 2.45) is 0 Å². The molecule has 2 aromatic heterocycles. The second-order valence-corrected chi connectivity index (χ2v) is 13.9. The van der Waals surface area contributed by atoms with Crippen LogP contribution in [-0.2, 0) is 11.5 Å². The summed E-state index contributed by atoms with van der Waals surface area (Å²) < 4.78 is 7.78. The zero-order valence-corrected chi connectivity index (χ0v) is 17.3. The fourth-order valence-corrected chi connectivity index (χ4v) is 3.86. The molecule has 0 saturated carbocycles. The van der Waals surface area contributed by atoms with E-state index in [2.05, 4.69) is 34.9 Å². The van der Waals surface area contributed by atoms with Crippen LogP contribution in [0.3, 0.4) is 0 Å². The number of fused-ring (bicyclic) bond motifs is 1. The number of anilines is 1. The minimum absolute atomic E-state index is 0.222. The van der Waals surface area contributed by atoms with E-state index in [1.165, 1.54) is 4.90 Å². The highest BCUT2D eigenvalue weighted by atomic mass is 28.3. The summed E-state index contributed by atoms with van der Waals surface area (Å²) in [4.78, 5) is 21.6. The maximum atomic E-state index is 11.0. The number of rotatable bonds is 7. The monoisotopic (exact) mass is 391 g/mol. The maximum Gasteiger partial charge on any atom is 0.407 e. The van der Waals surface area contributed by atoms with Crippen LogP contribution in [0.25, 0.3) is 11.2 Å². The molecule has 1 aliphatic rings. The van der Waals surface area contributed by atoms with Crippen LogP contribution in [0.1, 0.15) is 12.8 Å². The van der Waals surface area contributed by atoms with Gasteiger partial charge in [-0.3, -0.25) is 0 Å². The van der Waals surface area contributed by atoms with Crippen LogP contribution >= 0.6 is 0 Å². The average molecular weight is 392 g/mol. The lowest BCUT2D eigenvalue weighted by molar-refractivity contribution is 0.0899. The van der Waals surface area contributed by atoms with Crippen molar-refractivity contribution < 1.29 is 14.6 Å². The Kier molecular flexibility index (Phi) is 6.00. The van der Waals surface area contributed by atoms with Crippen molar-refractivity contribution in [3.05, 3.63) is 18.5 Å². The van der Waals surface area contributed by atoms with Gasteiger partial charge in [-0.05, 0) is 25.0 Å². The topological polar surface area (TPSA) is 92.5 Å². The summed E-state index contributed by atoms with van der Waals surface area (Å²) in [6, 6.07) is 3.31. The molecule has 1 fully saturated rings. The summed E-state index contributed by atoms with van der Waals surface area (Å²) in [7, 11) is -1.08. The lowest BCUT2D eigenvalue weighted by Crippen LogP contribution is -2.41. The minimum atomic E-state index is -1.08. The Morgan fingerprint density at radius 3 is 2.78 bits per heavy atom. The molecule has 0 aromatic carbocycles. The van der Waals surface area contributed by atoms with E-state index in [4.69, 9.17) is 9.84 Å². The lowest BCUT2D eigenvalue weighted by Gasteiger charge is -2.30. The van der Waals surface area contributed by atoms with Gasteiger partial charge in [0.05, 0.1) is 6.20 Å². The Balaban J connectivity index is 1.55. The molecule has 3 heterocycles. The smallest absolute Gasteiger partial charge is 0.407 e. The van der Waals surface area contributed by atoms with E-state index in [0.717, 1.165) is 42.5 Å². The highest BCUT2D eigenvalue weighted by Crippen LogP contribution is 2.18. The fraction of sp³-hybridized carbons (Fsp3) is 0.611. The second kappa shape index (κ2) is 8.26. The molecule has 0 unspecified atom stereocenters. The molecular formula is C18H29N5O3Si. The zero-order chi connectivity index (χ0) is 19.4. The number of hydrogen-bond donors (Lipinski definition) is 2. The largest absolute Gasteiger partial charge is 0.465 e. The third-order valence-corrected chi connectivity index (χ3v) is 6.51. The minimum Gasteiger partial charge on any atom is -0.465 e. The molecule has 1 saturated heterocycles. The Morgan fingerprint density at radius 1 is 1.37 bits per heavy atom. The summed E-state index contributed by atoms with van der Waals surface area (Å²) in [5, 5.41) is 12.4. The van der Waals surface area contributed by atoms with Crippen LogP contribution in [0.4, 0.5) is 10.6 Å². The van der Waals surface area contributed by atoms with Gasteiger partial charge in [-0.1, -0.05) is 19.6 Å². The van der Waals surface area contributed by atoms with Gasteiger partial charge in [0, 0.05) is 40.0 Å².